The monoisotopic (exact) mass is 1050 g/mol. The van der Waals surface area contributed by atoms with E-state index < -0.39 is 64.9 Å². The molecule has 17 nitrogen and oxygen atoms in total. The highest BCUT2D eigenvalue weighted by molar-refractivity contribution is 5.96. The number of unbranched alkanes of at least 4 members (excludes halogenated alkanes) is 1. The van der Waals surface area contributed by atoms with Crippen LogP contribution in [0.5, 0.6) is 0 Å². The van der Waals surface area contributed by atoms with E-state index in [4.69, 9.17) is 21.2 Å². The molecule has 5 rings (SSSR count). The van der Waals surface area contributed by atoms with Gasteiger partial charge >= 0.3 is 6.09 Å². The summed E-state index contributed by atoms with van der Waals surface area (Å²) in [6.07, 6.45) is 4.66. The predicted octanol–water partition coefficient (Wildman–Crippen LogP) is 6.37. The molecule has 1 aromatic heterocycles. The van der Waals surface area contributed by atoms with E-state index in [1.54, 1.807) is 40.3 Å². The van der Waals surface area contributed by atoms with E-state index in [1.807, 2.05) is 98.8 Å². The number of nitrogens with one attached hydrogen (secondary N) is 5. The van der Waals surface area contributed by atoms with Crippen LogP contribution in [-0.2, 0) is 47.1 Å². The normalized spacial score (nSPS) is 13.8. The van der Waals surface area contributed by atoms with Gasteiger partial charge in [0.15, 0.2) is 17.5 Å². The summed E-state index contributed by atoms with van der Waals surface area (Å²) in [6.45, 7) is 9.67. The molecule has 77 heavy (non-hydrogen) atoms. The van der Waals surface area contributed by atoms with Gasteiger partial charge in [-0.3, -0.25) is 29.0 Å². The quantitative estimate of drug-likeness (QED) is 0.0120. The number of rotatable bonds is 29. The highest BCUT2D eigenvalue weighted by Gasteiger charge is 2.41. The Kier molecular flexibility index (Phi) is 23.1. The van der Waals surface area contributed by atoms with Gasteiger partial charge in [-0.2, -0.15) is 0 Å². The average Bonchev–Trinajstić information content (AvgIpc) is 3.90. The van der Waals surface area contributed by atoms with Crippen LogP contribution in [0.25, 0.3) is 0 Å². The van der Waals surface area contributed by atoms with Crippen LogP contribution in [0.3, 0.4) is 0 Å². The molecular weight excluding hydrogens is 973 g/mol. The zero-order chi connectivity index (χ0) is 56.0. The Morgan fingerprint density at radius 3 is 1.73 bits per heavy atom. The van der Waals surface area contributed by atoms with Crippen molar-refractivity contribution in [3.05, 3.63) is 162 Å². The number of amides is 4. The first-order chi connectivity index (χ1) is 36.9. The highest BCUT2D eigenvalue weighted by atomic mass is 16.6. The molecule has 0 aliphatic carbocycles. The SMILES string of the molecule is CN=C(N)NCCC[C@H](NC(=O)[C@@H](N)CCCCNC(=O)OC(C)(C)C)C(=O)CC(C(=O)N[C@@H](Cc1cncn1C(c1ccccc1)(c1ccccc1)c1ccccc1)C(=O)C[C@@H](Cc1ccccc1)C(=O)NC)C(C)C. The molecule has 1 unspecified atom stereocenters. The molecule has 0 spiro atoms. The number of ether oxygens (including phenoxy) is 1. The average molecular weight is 1050 g/mol. The summed E-state index contributed by atoms with van der Waals surface area (Å²) in [5.41, 5.74) is 14.9. The number of hydrogen-bond acceptors (Lipinski definition) is 10. The fraction of sp³-hybridized carbons (Fsp3) is 0.433. The topological polar surface area (TPSA) is 254 Å². The summed E-state index contributed by atoms with van der Waals surface area (Å²) in [6, 6.07) is 36.4. The van der Waals surface area contributed by atoms with Crippen molar-refractivity contribution < 1.29 is 33.5 Å². The molecule has 5 atom stereocenters. The van der Waals surface area contributed by atoms with Crippen LogP contribution in [0.4, 0.5) is 4.79 Å². The molecule has 9 N–H and O–H groups in total. The van der Waals surface area contributed by atoms with Gasteiger partial charge in [-0.1, -0.05) is 135 Å². The molecule has 412 valence electrons. The maximum atomic E-state index is 15.1. The lowest BCUT2D eigenvalue weighted by molar-refractivity contribution is -0.135. The Morgan fingerprint density at radius 2 is 1.19 bits per heavy atom. The van der Waals surface area contributed by atoms with Crippen molar-refractivity contribution in [2.75, 3.05) is 27.2 Å². The van der Waals surface area contributed by atoms with Crippen molar-refractivity contribution in [3.8, 4) is 0 Å². The number of imidazole rings is 1. The lowest BCUT2D eigenvalue weighted by Gasteiger charge is -2.39. The Balaban J connectivity index is 1.47. The first-order valence-corrected chi connectivity index (χ1v) is 26.7. The van der Waals surface area contributed by atoms with Crippen molar-refractivity contribution >= 4 is 41.3 Å². The number of aliphatic imine (C=N–C) groups is 1. The van der Waals surface area contributed by atoms with Crippen molar-refractivity contribution in [1.82, 2.24) is 36.1 Å². The van der Waals surface area contributed by atoms with Crippen LogP contribution < -0.4 is 38.1 Å². The van der Waals surface area contributed by atoms with Crippen LogP contribution in [0, 0.1) is 17.8 Å². The number of nitrogens with two attached hydrogens (primary N) is 2. The van der Waals surface area contributed by atoms with Crippen LogP contribution >= 0.6 is 0 Å². The smallest absolute Gasteiger partial charge is 0.407 e. The molecule has 0 fully saturated rings. The molecule has 0 bridgehead atoms. The van der Waals surface area contributed by atoms with E-state index in [0.717, 1.165) is 22.3 Å². The van der Waals surface area contributed by atoms with Gasteiger partial charge < -0.3 is 47.4 Å². The molecular formula is C60H80N10O7. The fourth-order valence-electron chi connectivity index (χ4n) is 9.52. The molecule has 0 radical (unpaired) electrons. The summed E-state index contributed by atoms with van der Waals surface area (Å²) < 4.78 is 7.34. The van der Waals surface area contributed by atoms with Crippen molar-refractivity contribution in [2.45, 2.75) is 122 Å². The van der Waals surface area contributed by atoms with E-state index in [-0.39, 0.29) is 62.0 Å². The first-order valence-electron chi connectivity index (χ1n) is 26.7. The minimum atomic E-state index is -1.18. The number of guanidine groups is 1. The highest BCUT2D eigenvalue weighted by Crippen LogP contribution is 2.42. The summed E-state index contributed by atoms with van der Waals surface area (Å²) in [5, 5.41) is 14.4. The number of Topliss-reactive ketones (excluding diaryl/α,β-unsaturated/α-hetero) is 2. The summed E-state index contributed by atoms with van der Waals surface area (Å²) in [5.74, 6) is -4.03. The number of hydrogen-bond donors (Lipinski definition) is 7. The minimum Gasteiger partial charge on any atom is -0.444 e. The van der Waals surface area contributed by atoms with E-state index >= 15 is 4.79 Å². The zero-order valence-corrected chi connectivity index (χ0v) is 45.8. The predicted molar refractivity (Wildman–Crippen MR) is 301 cm³/mol. The van der Waals surface area contributed by atoms with Gasteiger partial charge in [0, 0.05) is 70.2 Å². The molecule has 5 aromatic rings. The number of nitrogens with zero attached hydrogens (tertiary/aromatic N) is 3. The van der Waals surface area contributed by atoms with Crippen molar-refractivity contribution in [3.63, 3.8) is 0 Å². The molecule has 0 aliphatic heterocycles. The lowest BCUT2D eigenvalue weighted by Crippen LogP contribution is -2.51. The third-order valence-corrected chi connectivity index (χ3v) is 13.6. The fourth-order valence-corrected chi connectivity index (χ4v) is 9.52. The third kappa shape index (κ3) is 17.7. The van der Waals surface area contributed by atoms with Crippen LogP contribution in [-0.4, -0.2) is 102 Å². The summed E-state index contributed by atoms with van der Waals surface area (Å²) in [7, 11) is 3.08. The van der Waals surface area contributed by atoms with Crippen molar-refractivity contribution in [2.24, 2.45) is 34.2 Å². The Hall–Kier alpha value is -7.66. The number of carbonyl (C=O) groups is 6. The van der Waals surface area contributed by atoms with Gasteiger partial charge in [0.2, 0.25) is 17.7 Å². The largest absolute Gasteiger partial charge is 0.444 e. The first kappa shape index (κ1) is 60.2. The van der Waals surface area contributed by atoms with Gasteiger partial charge in [-0.15, -0.1) is 0 Å². The number of ketones is 2. The number of carbonyl (C=O) groups excluding carboxylic acids is 6. The second kappa shape index (κ2) is 29.6. The molecule has 4 aromatic carbocycles. The number of benzene rings is 4. The van der Waals surface area contributed by atoms with Gasteiger partial charge in [-0.25, -0.2) is 9.78 Å². The zero-order valence-electron chi connectivity index (χ0n) is 45.8. The minimum absolute atomic E-state index is 0.0196. The molecule has 1 heterocycles. The Morgan fingerprint density at radius 1 is 0.662 bits per heavy atom. The number of aromatic nitrogens is 2. The molecule has 0 saturated carbocycles. The standard InChI is InChI=1S/C60H80N10O7/c1-41(2)48(38-53(72)50(32-22-34-66-57(62)64-7)68-56(75)49(61)31-20-21-33-67-58(76)77-59(3,4)5)55(74)69-51(52(71)36-43(54(73)63-6)35-42-23-12-8-13-24-42)37-47-39-65-40-70(47)60(44-25-14-9-15-26-44,45-27-16-10-17-28-45)46-29-18-11-19-30-46/h8-19,23-30,39-41,43,48-51H,20-22,31-38,61H2,1-7H3,(H,63,73)(H,67,76)(H,68,75)(H,69,74)(H3,62,64,66)/t43-,48?,49+,50+,51+/m1/s1. The van der Waals surface area contributed by atoms with Crippen molar-refractivity contribution in [1.29, 1.82) is 0 Å². The third-order valence-electron chi connectivity index (χ3n) is 13.6. The van der Waals surface area contributed by atoms with E-state index in [1.165, 1.54) is 7.05 Å². The number of alkyl carbamates (subject to hydrolysis) is 1. The molecule has 17 heteroatoms. The Labute approximate surface area is 454 Å². The van der Waals surface area contributed by atoms with Gasteiger partial charge in [0.25, 0.3) is 0 Å². The summed E-state index contributed by atoms with van der Waals surface area (Å²) in [4.78, 5) is 92.6. The van der Waals surface area contributed by atoms with Gasteiger partial charge in [0.05, 0.1) is 24.5 Å². The maximum absolute atomic E-state index is 15.1. The van der Waals surface area contributed by atoms with Crippen LogP contribution in [0.15, 0.2) is 139 Å². The van der Waals surface area contributed by atoms with E-state index in [9.17, 15) is 24.0 Å². The van der Waals surface area contributed by atoms with E-state index in [2.05, 4.69) is 72.5 Å². The maximum Gasteiger partial charge on any atom is 0.407 e. The van der Waals surface area contributed by atoms with Gasteiger partial charge in [-0.05, 0) is 87.5 Å². The van der Waals surface area contributed by atoms with Gasteiger partial charge in [0.1, 0.15) is 11.1 Å². The second-order valence-electron chi connectivity index (χ2n) is 20.8. The summed E-state index contributed by atoms with van der Waals surface area (Å²) >= 11 is 0. The lowest BCUT2D eigenvalue weighted by atomic mass is 9.76. The molecule has 0 saturated heterocycles. The molecule has 0 aliphatic rings. The Bertz CT molecular complexity index is 2600. The molecule has 4 amide bonds. The van der Waals surface area contributed by atoms with Crippen LogP contribution in [0.1, 0.15) is 108 Å². The second-order valence-corrected chi connectivity index (χ2v) is 20.8. The van der Waals surface area contributed by atoms with Crippen LogP contribution in [0.2, 0.25) is 0 Å². The van der Waals surface area contributed by atoms with E-state index in [0.29, 0.717) is 38.0 Å².